The van der Waals surface area contributed by atoms with E-state index in [4.69, 9.17) is 4.74 Å². The molecule has 0 saturated carbocycles. The lowest BCUT2D eigenvalue weighted by molar-refractivity contribution is -0.143. The molecule has 14 heavy (non-hydrogen) atoms. The van der Waals surface area contributed by atoms with E-state index >= 15 is 0 Å². The van der Waals surface area contributed by atoms with Crippen molar-refractivity contribution in [3.8, 4) is 0 Å². The topological polar surface area (TPSA) is 26.3 Å². The van der Waals surface area contributed by atoms with Gasteiger partial charge in [0, 0.05) is 6.08 Å². The number of rotatable bonds is 6. The highest BCUT2D eigenvalue weighted by molar-refractivity contribution is 5.81. The second-order valence-corrected chi connectivity index (χ2v) is 4.57. The van der Waals surface area contributed by atoms with Gasteiger partial charge in [-0.25, -0.2) is 4.79 Å². The number of carbonyl (C=O) groups excluding carboxylic acids is 1. The zero-order valence-electron chi connectivity index (χ0n) is 9.80. The van der Waals surface area contributed by atoms with Gasteiger partial charge in [-0.05, 0) is 25.2 Å². The van der Waals surface area contributed by atoms with Gasteiger partial charge >= 0.3 is 5.97 Å². The third kappa shape index (κ3) is 5.79. The van der Waals surface area contributed by atoms with Crippen LogP contribution in [-0.4, -0.2) is 12.1 Å². The molecule has 0 aromatic carbocycles. The summed E-state index contributed by atoms with van der Waals surface area (Å²) in [6.45, 7) is 11.9. The zero-order chi connectivity index (χ0) is 11.2. The van der Waals surface area contributed by atoms with Crippen molar-refractivity contribution >= 4 is 5.97 Å². The maximum atomic E-state index is 10.9. The van der Waals surface area contributed by atoms with Gasteiger partial charge in [0.2, 0.25) is 0 Å². The van der Waals surface area contributed by atoms with Gasteiger partial charge in [0.25, 0.3) is 0 Å². The summed E-state index contributed by atoms with van der Waals surface area (Å²) in [5.74, 6) is -0.329. The Hall–Kier alpha value is -0.790. The Bertz CT molecular complexity index is 194. The van der Waals surface area contributed by atoms with Gasteiger partial charge in [-0.15, -0.1) is 0 Å². The summed E-state index contributed by atoms with van der Waals surface area (Å²) in [5.41, 5.74) is 0.246. The first-order valence-corrected chi connectivity index (χ1v) is 5.24. The first-order valence-electron chi connectivity index (χ1n) is 5.24. The minimum absolute atomic E-state index is 0.0259. The van der Waals surface area contributed by atoms with Crippen LogP contribution in [0.1, 0.15) is 47.0 Å². The highest BCUT2D eigenvalue weighted by atomic mass is 16.5. The van der Waals surface area contributed by atoms with Gasteiger partial charge in [0.15, 0.2) is 0 Å². The molecule has 1 atom stereocenters. The molecular weight excluding hydrogens is 176 g/mol. The van der Waals surface area contributed by atoms with Crippen molar-refractivity contribution in [2.45, 2.75) is 53.1 Å². The molecule has 0 aromatic rings. The Labute approximate surface area is 87.3 Å². The van der Waals surface area contributed by atoms with E-state index in [-0.39, 0.29) is 17.5 Å². The van der Waals surface area contributed by atoms with Crippen LogP contribution in [0.25, 0.3) is 0 Å². The third-order valence-corrected chi connectivity index (χ3v) is 2.25. The molecule has 0 saturated heterocycles. The lowest BCUT2D eigenvalue weighted by atomic mass is 9.83. The summed E-state index contributed by atoms with van der Waals surface area (Å²) < 4.78 is 5.12. The van der Waals surface area contributed by atoms with Gasteiger partial charge in [0.05, 0.1) is 6.10 Å². The molecule has 2 heteroatoms. The summed E-state index contributed by atoms with van der Waals surface area (Å²) >= 11 is 0. The molecule has 0 bridgehead atoms. The molecule has 0 fully saturated rings. The van der Waals surface area contributed by atoms with E-state index in [0.717, 1.165) is 19.3 Å². The first kappa shape index (κ1) is 13.2. The molecule has 0 rings (SSSR count). The van der Waals surface area contributed by atoms with Crippen molar-refractivity contribution in [1.29, 1.82) is 0 Å². The van der Waals surface area contributed by atoms with Crippen LogP contribution in [0.4, 0.5) is 0 Å². The average Bonchev–Trinajstić information content (AvgIpc) is 2.02. The van der Waals surface area contributed by atoms with E-state index < -0.39 is 0 Å². The Kier molecular flexibility index (Phi) is 5.51. The molecule has 0 aliphatic rings. The highest BCUT2D eigenvalue weighted by Gasteiger charge is 2.21. The second kappa shape index (κ2) is 5.84. The monoisotopic (exact) mass is 198 g/mol. The smallest absolute Gasteiger partial charge is 0.330 e. The lowest BCUT2D eigenvalue weighted by Gasteiger charge is -2.27. The maximum absolute atomic E-state index is 10.9. The van der Waals surface area contributed by atoms with Crippen molar-refractivity contribution in [3.63, 3.8) is 0 Å². The normalized spacial score (nSPS) is 13.4. The Morgan fingerprint density at radius 2 is 2.14 bits per heavy atom. The summed E-state index contributed by atoms with van der Waals surface area (Å²) in [7, 11) is 0. The Morgan fingerprint density at radius 1 is 1.57 bits per heavy atom. The SMILES string of the molecule is C=CC(=O)OC(C)CC(C)(C)CCC. The van der Waals surface area contributed by atoms with E-state index in [9.17, 15) is 4.79 Å². The third-order valence-electron chi connectivity index (χ3n) is 2.25. The predicted molar refractivity (Wildman–Crippen MR) is 59.1 cm³/mol. The van der Waals surface area contributed by atoms with E-state index in [2.05, 4.69) is 27.4 Å². The van der Waals surface area contributed by atoms with Gasteiger partial charge < -0.3 is 4.74 Å². The van der Waals surface area contributed by atoms with Crippen molar-refractivity contribution in [2.24, 2.45) is 5.41 Å². The molecule has 0 heterocycles. The van der Waals surface area contributed by atoms with Crippen LogP contribution in [0.2, 0.25) is 0 Å². The molecular formula is C12H22O2. The van der Waals surface area contributed by atoms with Gasteiger partial charge in [-0.1, -0.05) is 33.8 Å². The van der Waals surface area contributed by atoms with E-state index in [1.807, 2.05) is 6.92 Å². The maximum Gasteiger partial charge on any atom is 0.330 e. The number of carbonyl (C=O) groups is 1. The van der Waals surface area contributed by atoms with Gasteiger partial charge in [-0.2, -0.15) is 0 Å². The Morgan fingerprint density at radius 3 is 2.57 bits per heavy atom. The Balaban J connectivity index is 3.97. The fourth-order valence-corrected chi connectivity index (χ4v) is 1.85. The van der Waals surface area contributed by atoms with Crippen LogP contribution in [0.5, 0.6) is 0 Å². The standard InChI is InChI=1S/C12H22O2/c1-6-8-12(4,5)9-10(3)14-11(13)7-2/h7,10H,2,6,8-9H2,1,3-5H3. The molecule has 0 spiro atoms. The minimum Gasteiger partial charge on any atom is -0.460 e. The number of hydrogen-bond acceptors (Lipinski definition) is 2. The summed E-state index contributed by atoms with van der Waals surface area (Å²) in [6.07, 6.45) is 4.41. The molecule has 0 radical (unpaired) electrons. The first-order chi connectivity index (χ1) is 6.41. The zero-order valence-corrected chi connectivity index (χ0v) is 9.80. The van der Waals surface area contributed by atoms with E-state index in [0.29, 0.717) is 0 Å². The molecule has 0 amide bonds. The van der Waals surface area contributed by atoms with E-state index in [1.54, 1.807) is 0 Å². The summed E-state index contributed by atoms with van der Waals surface area (Å²) in [4.78, 5) is 10.9. The molecule has 0 N–H and O–H groups in total. The van der Waals surface area contributed by atoms with Crippen molar-refractivity contribution in [1.82, 2.24) is 0 Å². The fraction of sp³-hybridized carbons (Fsp3) is 0.750. The predicted octanol–water partition coefficient (Wildman–Crippen LogP) is 3.32. The highest BCUT2D eigenvalue weighted by Crippen LogP contribution is 2.28. The largest absolute Gasteiger partial charge is 0.460 e. The number of hydrogen-bond donors (Lipinski definition) is 0. The number of esters is 1. The summed E-state index contributed by atoms with van der Waals surface area (Å²) in [6, 6.07) is 0. The second-order valence-electron chi connectivity index (χ2n) is 4.57. The van der Waals surface area contributed by atoms with Crippen LogP contribution in [0.3, 0.4) is 0 Å². The van der Waals surface area contributed by atoms with Crippen LogP contribution < -0.4 is 0 Å². The van der Waals surface area contributed by atoms with Crippen LogP contribution in [0.15, 0.2) is 12.7 Å². The number of ether oxygens (including phenoxy) is 1. The van der Waals surface area contributed by atoms with Crippen molar-refractivity contribution in [3.05, 3.63) is 12.7 Å². The summed E-state index contributed by atoms with van der Waals surface area (Å²) in [5, 5.41) is 0. The molecule has 2 nitrogen and oxygen atoms in total. The molecule has 0 aliphatic heterocycles. The fourth-order valence-electron chi connectivity index (χ4n) is 1.85. The van der Waals surface area contributed by atoms with Crippen LogP contribution in [0, 0.1) is 5.41 Å². The molecule has 0 aliphatic carbocycles. The quantitative estimate of drug-likeness (QED) is 0.483. The van der Waals surface area contributed by atoms with Crippen LogP contribution >= 0.6 is 0 Å². The van der Waals surface area contributed by atoms with E-state index in [1.165, 1.54) is 6.08 Å². The molecule has 82 valence electrons. The molecule has 0 aromatic heterocycles. The van der Waals surface area contributed by atoms with Crippen molar-refractivity contribution in [2.75, 3.05) is 0 Å². The minimum atomic E-state index is -0.329. The van der Waals surface area contributed by atoms with Crippen LogP contribution in [-0.2, 0) is 9.53 Å². The van der Waals surface area contributed by atoms with Gasteiger partial charge in [0.1, 0.15) is 0 Å². The van der Waals surface area contributed by atoms with Crippen molar-refractivity contribution < 1.29 is 9.53 Å². The molecule has 1 unspecified atom stereocenters. The van der Waals surface area contributed by atoms with Gasteiger partial charge in [-0.3, -0.25) is 0 Å². The average molecular weight is 198 g/mol. The lowest BCUT2D eigenvalue weighted by Crippen LogP contribution is -2.22.